The van der Waals surface area contributed by atoms with Crippen LogP contribution in [0.25, 0.3) is 11.4 Å². The van der Waals surface area contributed by atoms with Crippen molar-refractivity contribution in [1.82, 2.24) is 15.1 Å². The van der Waals surface area contributed by atoms with E-state index in [0.29, 0.717) is 23.0 Å². The number of fused-ring (bicyclic) bond motifs is 1. The molecule has 0 radical (unpaired) electrons. The lowest BCUT2D eigenvalue weighted by molar-refractivity contribution is -0.123. The van der Waals surface area contributed by atoms with Gasteiger partial charge in [-0.15, -0.1) is 0 Å². The fourth-order valence-electron chi connectivity index (χ4n) is 3.93. The summed E-state index contributed by atoms with van der Waals surface area (Å²) in [5, 5.41) is 13.5. The number of aryl methyl sites for hydroxylation is 1. The second-order valence-corrected chi connectivity index (χ2v) is 7.62. The smallest absolute Gasteiger partial charge is 0.263 e. The first-order valence-corrected chi connectivity index (χ1v) is 10.2. The van der Waals surface area contributed by atoms with Crippen molar-refractivity contribution >= 4 is 17.5 Å². The van der Waals surface area contributed by atoms with Gasteiger partial charge in [0.25, 0.3) is 11.8 Å². The van der Waals surface area contributed by atoms with Crippen LogP contribution < -0.4 is 14.4 Å². The molecule has 5 rings (SSSR count). The average molecular weight is 448 g/mol. The van der Waals surface area contributed by atoms with Crippen molar-refractivity contribution in [3.05, 3.63) is 53.9 Å². The van der Waals surface area contributed by atoms with Crippen molar-refractivity contribution in [2.75, 3.05) is 19.1 Å². The fourth-order valence-corrected chi connectivity index (χ4v) is 3.93. The van der Waals surface area contributed by atoms with Crippen LogP contribution in [0.2, 0.25) is 0 Å². The van der Waals surface area contributed by atoms with E-state index >= 15 is 0 Å². The third-order valence-corrected chi connectivity index (χ3v) is 5.52. The van der Waals surface area contributed by atoms with E-state index in [4.69, 9.17) is 14.0 Å². The number of nitrogens with zero attached hydrogens (tertiary/aromatic N) is 6. The number of carbonyl (C=O) groups excluding carboxylic acids is 2. The van der Waals surface area contributed by atoms with Crippen LogP contribution in [0.15, 0.2) is 57.3 Å². The first kappa shape index (κ1) is 20.6. The second-order valence-electron chi connectivity index (χ2n) is 7.62. The standard InChI is InChI=1S/C22H20N6O5/c1-12-5-4-6-13(9-12)20-23-17(33-25-20)11-27-19-18(24-26-27)21(29)28(22(19)30)14-7-8-15(31-2)16(10-14)32-3/h4-10,18-19H,11H2,1-3H3. The zero-order chi connectivity index (χ0) is 23.1. The highest BCUT2D eigenvalue weighted by Gasteiger charge is 2.55. The largest absolute Gasteiger partial charge is 0.493 e. The van der Waals surface area contributed by atoms with Gasteiger partial charge in [-0.25, -0.2) is 4.90 Å². The molecule has 0 saturated carbocycles. The normalized spacial score (nSPS) is 19.4. The Balaban J connectivity index is 1.37. The van der Waals surface area contributed by atoms with Gasteiger partial charge in [0, 0.05) is 11.6 Å². The molecule has 0 N–H and O–H groups in total. The first-order valence-electron chi connectivity index (χ1n) is 10.2. The number of aromatic nitrogens is 2. The Hall–Kier alpha value is -4.28. The minimum absolute atomic E-state index is 0.0439. The lowest BCUT2D eigenvalue weighted by atomic mass is 10.1. The quantitative estimate of drug-likeness (QED) is 0.527. The molecule has 3 aromatic rings. The van der Waals surface area contributed by atoms with Crippen LogP contribution in [0.5, 0.6) is 11.5 Å². The molecule has 2 aliphatic rings. The topological polar surface area (TPSA) is 123 Å². The first-order chi connectivity index (χ1) is 16.0. The van der Waals surface area contributed by atoms with Crippen LogP contribution in [0.1, 0.15) is 11.5 Å². The molecule has 1 fully saturated rings. The van der Waals surface area contributed by atoms with Crippen molar-refractivity contribution in [2.45, 2.75) is 25.6 Å². The second kappa shape index (κ2) is 8.01. The highest BCUT2D eigenvalue weighted by atomic mass is 16.5. The highest BCUT2D eigenvalue weighted by molar-refractivity contribution is 6.25. The predicted octanol–water partition coefficient (Wildman–Crippen LogP) is 2.56. The summed E-state index contributed by atoms with van der Waals surface area (Å²) in [7, 11) is 2.99. The zero-order valence-electron chi connectivity index (χ0n) is 18.1. The zero-order valence-corrected chi connectivity index (χ0v) is 18.1. The molecule has 2 aliphatic heterocycles. The predicted molar refractivity (Wildman–Crippen MR) is 114 cm³/mol. The summed E-state index contributed by atoms with van der Waals surface area (Å²) >= 11 is 0. The lowest BCUT2D eigenvalue weighted by Gasteiger charge is -2.20. The maximum Gasteiger partial charge on any atom is 0.263 e. The molecule has 3 heterocycles. The van der Waals surface area contributed by atoms with E-state index < -0.39 is 23.9 Å². The van der Waals surface area contributed by atoms with Crippen molar-refractivity contribution in [2.24, 2.45) is 10.3 Å². The summed E-state index contributed by atoms with van der Waals surface area (Å²) < 4.78 is 15.9. The van der Waals surface area contributed by atoms with Gasteiger partial charge in [-0.2, -0.15) is 10.1 Å². The van der Waals surface area contributed by atoms with Gasteiger partial charge >= 0.3 is 0 Å². The molecule has 0 aliphatic carbocycles. The van der Waals surface area contributed by atoms with E-state index in [0.717, 1.165) is 16.0 Å². The van der Waals surface area contributed by atoms with Gasteiger partial charge in [0.05, 0.1) is 19.9 Å². The van der Waals surface area contributed by atoms with Crippen LogP contribution in [-0.2, 0) is 16.1 Å². The molecule has 11 heteroatoms. The number of carbonyl (C=O) groups is 2. The van der Waals surface area contributed by atoms with E-state index in [1.165, 1.54) is 19.2 Å². The van der Waals surface area contributed by atoms with Crippen LogP contribution in [0, 0.1) is 6.92 Å². The number of hydrogen-bond donors (Lipinski definition) is 0. The summed E-state index contributed by atoms with van der Waals surface area (Å²) in [5.41, 5.74) is 2.25. The van der Waals surface area contributed by atoms with E-state index in [2.05, 4.69) is 20.5 Å². The van der Waals surface area contributed by atoms with Gasteiger partial charge in [0.2, 0.25) is 11.7 Å². The van der Waals surface area contributed by atoms with Crippen molar-refractivity contribution in [3.8, 4) is 22.9 Å². The van der Waals surface area contributed by atoms with Crippen LogP contribution in [0.3, 0.4) is 0 Å². The number of imide groups is 1. The molecule has 1 aromatic heterocycles. The Morgan fingerprint density at radius 2 is 1.85 bits per heavy atom. The van der Waals surface area contributed by atoms with E-state index in [1.807, 2.05) is 31.2 Å². The van der Waals surface area contributed by atoms with Crippen LogP contribution >= 0.6 is 0 Å². The Bertz CT molecular complexity index is 1270. The van der Waals surface area contributed by atoms with Crippen molar-refractivity contribution < 1.29 is 23.6 Å². The highest BCUT2D eigenvalue weighted by Crippen LogP contribution is 2.37. The van der Waals surface area contributed by atoms with Gasteiger partial charge in [0.15, 0.2) is 23.6 Å². The SMILES string of the molecule is COc1ccc(N2C(=O)C3N=NN(Cc4nc(-c5cccc(C)c5)no4)C3C2=O)cc1OC. The van der Waals surface area contributed by atoms with Crippen molar-refractivity contribution in [3.63, 3.8) is 0 Å². The molecule has 2 atom stereocenters. The lowest BCUT2D eigenvalue weighted by Crippen LogP contribution is -2.39. The maximum atomic E-state index is 13.2. The molecule has 33 heavy (non-hydrogen) atoms. The summed E-state index contributed by atoms with van der Waals surface area (Å²) in [6.45, 7) is 2.02. The number of rotatable bonds is 6. The number of ether oxygens (including phenoxy) is 2. The van der Waals surface area contributed by atoms with Gasteiger partial charge in [-0.1, -0.05) is 34.1 Å². The maximum absolute atomic E-state index is 13.2. The summed E-state index contributed by atoms with van der Waals surface area (Å²) in [4.78, 5) is 31.7. The molecular formula is C22H20N6O5. The van der Waals surface area contributed by atoms with E-state index in [9.17, 15) is 9.59 Å². The number of methoxy groups -OCH3 is 2. The molecule has 11 nitrogen and oxygen atoms in total. The van der Waals surface area contributed by atoms with Crippen LogP contribution in [-0.4, -0.2) is 53.3 Å². The monoisotopic (exact) mass is 448 g/mol. The van der Waals surface area contributed by atoms with E-state index in [-0.39, 0.29) is 12.4 Å². The Kier molecular flexibility index (Phi) is 5.00. The molecule has 2 amide bonds. The molecule has 2 aromatic carbocycles. The Morgan fingerprint density at radius 3 is 2.61 bits per heavy atom. The van der Waals surface area contributed by atoms with Gasteiger partial charge in [-0.3, -0.25) is 14.6 Å². The molecular weight excluding hydrogens is 428 g/mol. The molecule has 2 unspecified atom stereocenters. The minimum Gasteiger partial charge on any atom is -0.493 e. The molecule has 168 valence electrons. The number of amides is 2. The number of benzene rings is 2. The fraction of sp³-hybridized carbons (Fsp3) is 0.273. The van der Waals surface area contributed by atoms with Crippen molar-refractivity contribution in [1.29, 1.82) is 0 Å². The Labute approximate surface area is 188 Å². The Morgan fingerprint density at radius 1 is 1.03 bits per heavy atom. The minimum atomic E-state index is -0.940. The molecule has 1 saturated heterocycles. The summed E-state index contributed by atoms with van der Waals surface area (Å²) in [5.74, 6) is 0.677. The van der Waals surface area contributed by atoms with Gasteiger partial charge in [-0.05, 0) is 25.1 Å². The van der Waals surface area contributed by atoms with Gasteiger partial charge in [0.1, 0.15) is 6.54 Å². The van der Waals surface area contributed by atoms with Gasteiger partial charge < -0.3 is 14.0 Å². The molecule has 0 spiro atoms. The summed E-state index contributed by atoms with van der Waals surface area (Å²) in [6.07, 6.45) is 0. The average Bonchev–Trinajstić information content (AvgIpc) is 3.51. The molecule has 0 bridgehead atoms. The van der Waals surface area contributed by atoms with E-state index in [1.54, 1.807) is 18.2 Å². The summed E-state index contributed by atoms with van der Waals surface area (Å²) in [6, 6.07) is 10.7. The number of hydrogen-bond acceptors (Lipinski definition) is 10. The third kappa shape index (κ3) is 3.47. The van der Waals surface area contributed by atoms with Crippen LogP contribution in [0.4, 0.5) is 5.69 Å². The number of anilines is 1. The third-order valence-electron chi connectivity index (χ3n) is 5.52.